The fraction of sp³-hybridized carbons (Fsp3) is 0.917. The van der Waals surface area contributed by atoms with Gasteiger partial charge in [-0.3, -0.25) is 4.79 Å². The molecule has 106 valence electrons. The summed E-state index contributed by atoms with van der Waals surface area (Å²) in [5.74, 6) is -0.383. The molecule has 6 heteroatoms. The van der Waals surface area contributed by atoms with Crippen molar-refractivity contribution in [2.45, 2.75) is 52.0 Å². The number of ether oxygens (including phenoxy) is 1. The lowest BCUT2D eigenvalue weighted by Gasteiger charge is -2.17. The van der Waals surface area contributed by atoms with Gasteiger partial charge in [0.25, 0.3) is 0 Å². The SMILES string of the molecule is COC(=O)CCCS(=O)(=O)NC1CCC(C)(C)C1. The lowest BCUT2D eigenvalue weighted by molar-refractivity contribution is -0.140. The minimum atomic E-state index is -3.28. The zero-order valence-corrected chi connectivity index (χ0v) is 12.2. The molecule has 1 N–H and O–H groups in total. The van der Waals surface area contributed by atoms with E-state index in [0.29, 0.717) is 6.42 Å². The number of carbonyl (C=O) groups is 1. The summed E-state index contributed by atoms with van der Waals surface area (Å²) in [7, 11) is -1.98. The number of carbonyl (C=O) groups excluding carboxylic acids is 1. The Bertz CT molecular complexity index is 389. The minimum absolute atomic E-state index is 0.0149. The number of rotatable bonds is 6. The normalized spacial score (nSPS) is 22.9. The predicted molar refractivity (Wildman–Crippen MR) is 69.6 cm³/mol. The Morgan fingerprint density at radius 1 is 1.44 bits per heavy atom. The van der Waals surface area contributed by atoms with E-state index in [1.54, 1.807) is 0 Å². The molecule has 0 aromatic carbocycles. The van der Waals surface area contributed by atoms with E-state index in [0.717, 1.165) is 19.3 Å². The quantitative estimate of drug-likeness (QED) is 0.746. The van der Waals surface area contributed by atoms with Crippen molar-refractivity contribution in [1.29, 1.82) is 0 Å². The number of esters is 1. The highest BCUT2D eigenvalue weighted by Crippen LogP contribution is 2.37. The molecular formula is C12H23NO4S. The molecule has 1 unspecified atom stereocenters. The van der Waals surface area contributed by atoms with E-state index in [1.807, 2.05) is 0 Å². The highest BCUT2D eigenvalue weighted by Gasteiger charge is 2.32. The van der Waals surface area contributed by atoms with Gasteiger partial charge in [0.2, 0.25) is 10.0 Å². The molecule has 0 radical (unpaired) electrons. The van der Waals surface area contributed by atoms with Crippen molar-refractivity contribution in [2.75, 3.05) is 12.9 Å². The van der Waals surface area contributed by atoms with Crippen LogP contribution < -0.4 is 4.72 Å². The standard InChI is InChI=1S/C12H23NO4S/c1-12(2)7-6-10(9-12)13-18(15,16)8-4-5-11(14)17-3/h10,13H,4-9H2,1-3H3. The molecule has 0 spiro atoms. The van der Waals surface area contributed by atoms with Crippen molar-refractivity contribution in [3.63, 3.8) is 0 Å². The second kappa shape index (κ2) is 6.02. The Morgan fingerprint density at radius 2 is 2.11 bits per heavy atom. The lowest BCUT2D eigenvalue weighted by atomic mass is 9.92. The third-order valence-electron chi connectivity index (χ3n) is 3.34. The molecule has 1 fully saturated rings. The fourth-order valence-corrected chi connectivity index (χ4v) is 3.71. The van der Waals surface area contributed by atoms with Gasteiger partial charge in [0.1, 0.15) is 0 Å². The van der Waals surface area contributed by atoms with Gasteiger partial charge in [-0.05, 0) is 31.1 Å². The molecule has 5 nitrogen and oxygen atoms in total. The van der Waals surface area contributed by atoms with Crippen molar-refractivity contribution < 1.29 is 17.9 Å². The first-order valence-electron chi connectivity index (χ1n) is 6.31. The number of hydrogen-bond acceptors (Lipinski definition) is 4. The van der Waals surface area contributed by atoms with Gasteiger partial charge >= 0.3 is 5.97 Å². The van der Waals surface area contributed by atoms with Crippen LogP contribution >= 0.6 is 0 Å². The zero-order valence-electron chi connectivity index (χ0n) is 11.4. The van der Waals surface area contributed by atoms with E-state index < -0.39 is 10.0 Å². The maximum Gasteiger partial charge on any atom is 0.305 e. The zero-order chi connectivity index (χ0) is 13.8. The Labute approximate surface area is 109 Å². The van der Waals surface area contributed by atoms with Crippen molar-refractivity contribution in [1.82, 2.24) is 4.72 Å². The first-order chi connectivity index (χ1) is 8.24. The Kier molecular flexibility index (Phi) is 5.16. The molecule has 0 saturated heterocycles. The molecule has 1 rings (SSSR count). The number of methoxy groups -OCH3 is 1. The van der Waals surface area contributed by atoms with Crippen LogP contribution in [0.25, 0.3) is 0 Å². The highest BCUT2D eigenvalue weighted by molar-refractivity contribution is 7.89. The first kappa shape index (κ1) is 15.4. The summed E-state index contributed by atoms with van der Waals surface area (Å²) < 4.78 is 30.8. The smallest absolute Gasteiger partial charge is 0.305 e. The summed E-state index contributed by atoms with van der Waals surface area (Å²) in [6.45, 7) is 4.30. The van der Waals surface area contributed by atoms with Gasteiger partial charge in [-0.2, -0.15) is 0 Å². The minimum Gasteiger partial charge on any atom is -0.469 e. The van der Waals surface area contributed by atoms with Crippen molar-refractivity contribution >= 4 is 16.0 Å². The number of sulfonamides is 1. The molecule has 1 aliphatic rings. The third-order valence-corrected chi connectivity index (χ3v) is 4.86. The number of nitrogens with one attached hydrogen (secondary N) is 1. The highest BCUT2D eigenvalue weighted by atomic mass is 32.2. The molecule has 0 aromatic rings. The Hall–Kier alpha value is -0.620. The molecule has 0 amide bonds. The van der Waals surface area contributed by atoms with Crippen molar-refractivity contribution in [3.05, 3.63) is 0 Å². The monoisotopic (exact) mass is 277 g/mol. The van der Waals surface area contributed by atoms with E-state index in [4.69, 9.17) is 0 Å². The van der Waals surface area contributed by atoms with Crippen LogP contribution in [0.15, 0.2) is 0 Å². The topological polar surface area (TPSA) is 72.5 Å². The van der Waals surface area contributed by atoms with Gasteiger partial charge in [0.15, 0.2) is 0 Å². The largest absolute Gasteiger partial charge is 0.469 e. The van der Waals surface area contributed by atoms with Gasteiger partial charge in [-0.1, -0.05) is 13.8 Å². The molecule has 1 aliphatic carbocycles. The van der Waals surface area contributed by atoms with Crippen LogP contribution in [0.3, 0.4) is 0 Å². The molecule has 0 aliphatic heterocycles. The van der Waals surface area contributed by atoms with Gasteiger partial charge in [-0.15, -0.1) is 0 Å². The lowest BCUT2D eigenvalue weighted by Crippen LogP contribution is -2.35. The average molecular weight is 277 g/mol. The van der Waals surface area contributed by atoms with Crippen LogP contribution in [0.1, 0.15) is 46.0 Å². The van der Waals surface area contributed by atoms with Crippen LogP contribution in [0.2, 0.25) is 0 Å². The summed E-state index contributed by atoms with van der Waals surface area (Å²) >= 11 is 0. The van der Waals surface area contributed by atoms with Crippen LogP contribution in [0.4, 0.5) is 0 Å². The molecule has 18 heavy (non-hydrogen) atoms. The van der Waals surface area contributed by atoms with Crippen LogP contribution in [-0.4, -0.2) is 33.3 Å². The van der Waals surface area contributed by atoms with Crippen LogP contribution in [0, 0.1) is 5.41 Å². The van der Waals surface area contributed by atoms with E-state index in [1.165, 1.54) is 7.11 Å². The van der Waals surface area contributed by atoms with Gasteiger partial charge in [0.05, 0.1) is 12.9 Å². The summed E-state index contributed by atoms with van der Waals surface area (Å²) in [6, 6.07) is 0.0446. The fourth-order valence-electron chi connectivity index (χ4n) is 2.36. The molecule has 0 aromatic heterocycles. The maximum atomic E-state index is 11.8. The van der Waals surface area contributed by atoms with Gasteiger partial charge in [0, 0.05) is 12.5 Å². The summed E-state index contributed by atoms with van der Waals surface area (Å²) in [5, 5.41) is 0. The molecular weight excluding hydrogens is 254 g/mol. The molecule has 1 saturated carbocycles. The number of hydrogen-bond donors (Lipinski definition) is 1. The maximum absolute atomic E-state index is 11.8. The van der Waals surface area contributed by atoms with Crippen LogP contribution in [-0.2, 0) is 19.6 Å². The van der Waals surface area contributed by atoms with Crippen molar-refractivity contribution in [2.24, 2.45) is 5.41 Å². The third kappa shape index (κ3) is 5.35. The van der Waals surface area contributed by atoms with E-state index in [2.05, 4.69) is 23.3 Å². The van der Waals surface area contributed by atoms with Crippen LogP contribution in [0.5, 0.6) is 0 Å². The molecule has 0 bridgehead atoms. The predicted octanol–water partition coefficient (Wildman–Crippen LogP) is 1.44. The molecule has 0 heterocycles. The Morgan fingerprint density at radius 3 is 2.61 bits per heavy atom. The summed E-state index contributed by atoms with van der Waals surface area (Å²) in [6.07, 6.45) is 3.26. The van der Waals surface area contributed by atoms with E-state index in [9.17, 15) is 13.2 Å². The summed E-state index contributed by atoms with van der Waals surface area (Å²) in [4.78, 5) is 10.9. The average Bonchev–Trinajstić information content (AvgIpc) is 2.56. The van der Waals surface area contributed by atoms with Gasteiger partial charge in [-0.25, -0.2) is 13.1 Å². The van der Waals surface area contributed by atoms with E-state index in [-0.39, 0.29) is 29.6 Å². The second-order valence-corrected chi connectivity index (χ2v) is 7.59. The van der Waals surface area contributed by atoms with E-state index >= 15 is 0 Å². The molecule has 1 atom stereocenters. The van der Waals surface area contributed by atoms with Crippen molar-refractivity contribution in [3.8, 4) is 0 Å². The second-order valence-electron chi connectivity index (χ2n) is 5.72. The summed E-state index contributed by atoms with van der Waals surface area (Å²) in [5.41, 5.74) is 0.221. The first-order valence-corrected chi connectivity index (χ1v) is 7.96. The van der Waals surface area contributed by atoms with Gasteiger partial charge < -0.3 is 4.74 Å². The Balaban J connectivity index is 2.34.